The second kappa shape index (κ2) is 6.51. The van der Waals surface area contributed by atoms with E-state index < -0.39 is 10.8 Å². The summed E-state index contributed by atoms with van der Waals surface area (Å²) in [5, 5.41) is 3.32. The zero-order chi connectivity index (χ0) is 9.52. The third-order valence-corrected chi connectivity index (χ3v) is 3.04. The van der Waals surface area contributed by atoms with Crippen LogP contribution in [-0.4, -0.2) is 42.0 Å². The Hall–Kier alpha value is 0.0700. The van der Waals surface area contributed by atoms with E-state index in [4.69, 9.17) is 4.74 Å². The first-order valence-corrected chi connectivity index (χ1v) is 6.64. The standard InChI is InChI=1S/C9H19NO2S/c1-13(11)7-3-5-10-8-9-4-2-6-12-9/h9-10H,2-8H2,1H3. The average Bonchev–Trinajstić information content (AvgIpc) is 2.55. The van der Waals surface area contributed by atoms with E-state index in [9.17, 15) is 4.21 Å². The highest BCUT2D eigenvalue weighted by atomic mass is 32.2. The van der Waals surface area contributed by atoms with Crippen molar-refractivity contribution < 1.29 is 8.95 Å². The van der Waals surface area contributed by atoms with Crippen molar-refractivity contribution in [3.05, 3.63) is 0 Å². The van der Waals surface area contributed by atoms with Crippen molar-refractivity contribution in [1.82, 2.24) is 5.32 Å². The van der Waals surface area contributed by atoms with Crippen LogP contribution in [0.4, 0.5) is 0 Å². The molecule has 0 radical (unpaired) electrons. The molecule has 3 nitrogen and oxygen atoms in total. The van der Waals surface area contributed by atoms with E-state index in [1.54, 1.807) is 6.26 Å². The van der Waals surface area contributed by atoms with E-state index in [0.29, 0.717) is 6.10 Å². The Morgan fingerprint density at radius 3 is 3.08 bits per heavy atom. The predicted octanol–water partition coefficient (Wildman–Crippen LogP) is 0.524. The van der Waals surface area contributed by atoms with Gasteiger partial charge < -0.3 is 10.1 Å². The highest BCUT2D eigenvalue weighted by Gasteiger charge is 2.13. The van der Waals surface area contributed by atoms with Gasteiger partial charge in [0.25, 0.3) is 0 Å². The first-order valence-electron chi connectivity index (χ1n) is 4.91. The molecule has 0 aromatic rings. The molecular weight excluding hydrogens is 186 g/mol. The molecule has 1 fully saturated rings. The van der Waals surface area contributed by atoms with Gasteiger partial charge in [0.05, 0.1) is 6.10 Å². The van der Waals surface area contributed by atoms with Gasteiger partial charge in [-0.1, -0.05) is 0 Å². The molecule has 4 heteroatoms. The quantitative estimate of drug-likeness (QED) is 0.643. The van der Waals surface area contributed by atoms with Crippen molar-refractivity contribution in [3.8, 4) is 0 Å². The van der Waals surface area contributed by atoms with Gasteiger partial charge in [-0.25, -0.2) is 0 Å². The summed E-state index contributed by atoms with van der Waals surface area (Å²) in [5.41, 5.74) is 0. The van der Waals surface area contributed by atoms with E-state index in [2.05, 4.69) is 5.32 Å². The van der Waals surface area contributed by atoms with Gasteiger partial charge in [0.1, 0.15) is 0 Å². The lowest BCUT2D eigenvalue weighted by Crippen LogP contribution is -2.27. The Morgan fingerprint density at radius 2 is 2.46 bits per heavy atom. The fourth-order valence-electron chi connectivity index (χ4n) is 1.47. The van der Waals surface area contributed by atoms with Crippen LogP contribution in [0.1, 0.15) is 19.3 Å². The summed E-state index contributed by atoms with van der Waals surface area (Å²) in [6.45, 7) is 2.83. The minimum Gasteiger partial charge on any atom is -0.377 e. The monoisotopic (exact) mass is 205 g/mol. The van der Waals surface area contributed by atoms with Gasteiger partial charge in [-0.15, -0.1) is 0 Å². The molecule has 2 unspecified atom stereocenters. The molecule has 1 rings (SSSR count). The fourth-order valence-corrected chi connectivity index (χ4v) is 2.02. The van der Waals surface area contributed by atoms with Gasteiger partial charge in [-0.05, 0) is 25.8 Å². The number of ether oxygens (including phenoxy) is 1. The summed E-state index contributed by atoms with van der Waals surface area (Å²) >= 11 is 0. The van der Waals surface area contributed by atoms with Crippen LogP contribution in [0.25, 0.3) is 0 Å². The zero-order valence-electron chi connectivity index (χ0n) is 8.25. The SMILES string of the molecule is CS(=O)CCCNCC1CCCO1. The molecule has 2 atom stereocenters. The second-order valence-corrected chi connectivity index (χ2v) is 5.02. The van der Waals surface area contributed by atoms with Crippen LogP contribution in [0.2, 0.25) is 0 Å². The first kappa shape index (κ1) is 11.1. The zero-order valence-corrected chi connectivity index (χ0v) is 9.07. The van der Waals surface area contributed by atoms with Gasteiger partial charge >= 0.3 is 0 Å². The highest BCUT2D eigenvalue weighted by molar-refractivity contribution is 7.84. The maximum Gasteiger partial charge on any atom is 0.0700 e. The fraction of sp³-hybridized carbons (Fsp3) is 1.00. The maximum atomic E-state index is 10.7. The van der Waals surface area contributed by atoms with E-state index in [1.807, 2.05) is 0 Å². The minimum atomic E-state index is -0.642. The molecule has 0 amide bonds. The summed E-state index contributed by atoms with van der Waals surface area (Å²) in [4.78, 5) is 0. The Bertz CT molecular complexity index is 158. The summed E-state index contributed by atoms with van der Waals surface area (Å²) < 4.78 is 16.2. The average molecular weight is 205 g/mol. The van der Waals surface area contributed by atoms with Gasteiger partial charge in [-0.2, -0.15) is 0 Å². The van der Waals surface area contributed by atoms with Crippen LogP contribution >= 0.6 is 0 Å². The summed E-state index contributed by atoms with van der Waals surface area (Å²) in [6.07, 6.45) is 5.56. The lowest BCUT2D eigenvalue weighted by Gasteiger charge is -2.09. The third kappa shape index (κ3) is 5.39. The number of hydrogen-bond acceptors (Lipinski definition) is 3. The molecule has 0 aliphatic carbocycles. The van der Waals surface area contributed by atoms with Gasteiger partial charge in [0.15, 0.2) is 0 Å². The molecule has 13 heavy (non-hydrogen) atoms. The van der Waals surface area contributed by atoms with Crippen LogP contribution in [0.5, 0.6) is 0 Å². The summed E-state index contributed by atoms with van der Waals surface area (Å²) in [6, 6.07) is 0. The molecule has 1 N–H and O–H groups in total. The van der Waals surface area contributed by atoms with E-state index >= 15 is 0 Å². The van der Waals surface area contributed by atoms with Crippen molar-refractivity contribution in [2.75, 3.05) is 31.7 Å². The van der Waals surface area contributed by atoms with Gasteiger partial charge in [-0.3, -0.25) is 4.21 Å². The predicted molar refractivity (Wildman–Crippen MR) is 55.4 cm³/mol. The van der Waals surface area contributed by atoms with Crippen molar-refractivity contribution in [2.24, 2.45) is 0 Å². The summed E-state index contributed by atoms with van der Waals surface area (Å²) in [7, 11) is -0.642. The molecule has 1 aliphatic heterocycles. The third-order valence-electron chi connectivity index (χ3n) is 2.18. The van der Waals surface area contributed by atoms with Crippen LogP contribution in [0.3, 0.4) is 0 Å². The Labute approximate surface area is 82.7 Å². The van der Waals surface area contributed by atoms with Crippen LogP contribution in [-0.2, 0) is 15.5 Å². The largest absolute Gasteiger partial charge is 0.377 e. The Morgan fingerprint density at radius 1 is 1.62 bits per heavy atom. The summed E-state index contributed by atoms with van der Waals surface area (Å²) in [5.74, 6) is 0.804. The van der Waals surface area contributed by atoms with Crippen LogP contribution in [0, 0.1) is 0 Å². The molecule has 0 bridgehead atoms. The van der Waals surface area contributed by atoms with Gasteiger partial charge in [0.2, 0.25) is 0 Å². The van der Waals surface area contributed by atoms with E-state index in [0.717, 1.165) is 31.9 Å². The molecule has 1 aliphatic rings. The lowest BCUT2D eigenvalue weighted by atomic mass is 10.2. The number of rotatable bonds is 6. The van der Waals surface area contributed by atoms with Crippen molar-refractivity contribution in [1.29, 1.82) is 0 Å². The molecule has 0 saturated carbocycles. The molecule has 1 heterocycles. The second-order valence-electron chi connectivity index (χ2n) is 3.47. The lowest BCUT2D eigenvalue weighted by molar-refractivity contribution is 0.110. The normalized spacial score (nSPS) is 24.8. The van der Waals surface area contributed by atoms with Crippen molar-refractivity contribution in [2.45, 2.75) is 25.4 Å². The molecule has 0 aromatic heterocycles. The van der Waals surface area contributed by atoms with Crippen LogP contribution in [0.15, 0.2) is 0 Å². The van der Waals surface area contributed by atoms with Crippen molar-refractivity contribution in [3.63, 3.8) is 0 Å². The molecule has 0 aromatic carbocycles. The van der Waals surface area contributed by atoms with E-state index in [1.165, 1.54) is 12.8 Å². The topological polar surface area (TPSA) is 38.3 Å². The molecule has 78 valence electrons. The van der Waals surface area contributed by atoms with Crippen LogP contribution < -0.4 is 5.32 Å². The Kier molecular flexibility index (Phi) is 5.58. The van der Waals surface area contributed by atoms with Gasteiger partial charge in [0, 0.05) is 36.0 Å². The number of hydrogen-bond donors (Lipinski definition) is 1. The first-order chi connectivity index (χ1) is 6.29. The maximum absolute atomic E-state index is 10.7. The smallest absolute Gasteiger partial charge is 0.0700 e. The molecule has 0 spiro atoms. The molecule has 1 saturated heterocycles. The van der Waals surface area contributed by atoms with E-state index in [-0.39, 0.29) is 0 Å². The minimum absolute atomic E-state index is 0.423. The van der Waals surface area contributed by atoms with Crippen molar-refractivity contribution >= 4 is 10.8 Å². The Balaban J connectivity index is 1.86. The molecular formula is C9H19NO2S. The highest BCUT2D eigenvalue weighted by Crippen LogP contribution is 2.10. The number of nitrogens with one attached hydrogen (secondary N) is 1.